The van der Waals surface area contributed by atoms with Crippen LogP contribution in [0.3, 0.4) is 0 Å². The van der Waals surface area contributed by atoms with E-state index in [1.54, 1.807) is 6.08 Å². The number of fused-ring (bicyclic) bond motifs is 2. The standard InChI is InChI=1S/C26H37NO4S/c1-18-10-9-11-19(2)21(18)14-15-32(30,31)27-24-17-20-16-23(26(20,3)4)22(24)12-7-5-6-8-13-25(28)29/h5,7,9-11,14-15,20,22-24,27H,6,8,12-13,16-17H2,1-4H3,(H,28,29)/b7-5-,15-14?. The fourth-order valence-electron chi connectivity index (χ4n) is 5.65. The Kier molecular flexibility index (Phi) is 7.66. The van der Waals surface area contributed by atoms with Gasteiger partial charge in [0.1, 0.15) is 0 Å². The Labute approximate surface area is 193 Å². The summed E-state index contributed by atoms with van der Waals surface area (Å²) in [6.45, 7) is 8.59. The van der Waals surface area contributed by atoms with Crippen molar-refractivity contribution in [2.24, 2.45) is 23.2 Å². The monoisotopic (exact) mass is 459 g/mol. The maximum absolute atomic E-state index is 12.9. The number of hydrogen-bond donors (Lipinski definition) is 2. The third-order valence-electron chi connectivity index (χ3n) is 7.73. The number of carboxylic acid groups (broad SMARTS) is 1. The van der Waals surface area contributed by atoms with Gasteiger partial charge in [-0.2, -0.15) is 0 Å². The summed E-state index contributed by atoms with van der Waals surface area (Å²) in [5.41, 5.74) is 3.31. The lowest BCUT2D eigenvalue weighted by atomic mass is 9.44. The zero-order chi connectivity index (χ0) is 23.5. The van der Waals surface area contributed by atoms with Gasteiger partial charge in [-0.05, 0) is 91.9 Å². The van der Waals surface area contributed by atoms with Crippen molar-refractivity contribution >= 4 is 22.1 Å². The second-order valence-corrected chi connectivity index (χ2v) is 11.7. The molecule has 0 amide bonds. The summed E-state index contributed by atoms with van der Waals surface area (Å²) in [6.07, 6.45) is 10.3. The first-order valence-electron chi connectivity index (χ1n) is 11.6. The highest BCUT2D eigenvalue weighted by Crippen LogP contribution is 2.62. The molecule has 0 saturated heterocycles. The van der Waals surface area contributed by atoms with E-state index in [1.807, 2.05) is 38.1 Å². The number of hydrogen-bond acceptors (Lipinski definition) is 3. The Morgan fingerprint density at radius 2 is 1.88 bits per heavy atom. The van der Waals surface area contributed by atoms with Crippen LogP contribution in [-0.2, 0) is 14.8 Å². The van der Waals surface area contributed by atoms with Gasteiger partial charge in [0, 0.05) is 17.9 Å². The van der Waals surface area contributed by atoms with Gasteiger partial charge in [-0.1, -0.05) is 44.2 Å². The van der Waals surface area contributed by atoms with Crippen molar-refractivity contribution in [3.05, 3.63) is 52.4 Å². The Balaban J connectivity index is 1.68. The lowest BCUT2D eigenvalue weighted by Crippen LogP contribution is -2.61. The van der Waals surface area contributed by atoms with Gasteiger partial charge in [-0.3, -0.25) is 4.79 Å². The van der Waals surface area contributed by atoms with Crippen LogP contribution < -0.4 is 4.72 Å². The second kappa shape index (κ2) is 9.92. The Morgan fingerprint density at radius 3 is 2.50 bits per heavy atom. The van der Waals surface area contributed by atoms with Crippen LogP contribution in [0.2, 0.25) is 0 Å². The predicted molar refractivity (Wildman–Crippen MR) is 130 cm³/mol. The molecule has 1 aromatic rings. The van der Waals surface area contributed by atoms with E-state index < -0.39 is 16.0 Å². The molecule has 176 valence electrons. The lowest BCUT2D eigenvalue weighted by molar-refractivity contribution is -0.137. The molecule has 3 aliphatic carbocycles. The topological polar surface area (TPSA) is 83.5 Å². The van der Waals surface area contributed by atoms with Crippen LogP contribution in [0.5, 0.6) is 0 Å². The molecule has 0 aliphatic heterocycles. The highest BCUT2D eigenvalue weighted by Gasteiger charge is 2.57. The van der Waals surface area contributed by atoms with E-state index in [-0.39, 0.29) is 23.8 Å². The fraction of sp³-hybridized carbons (Fsp3) is 0.577. The summed E-state index contributed by atoms with van der Waals surface area (Å²) in [5.74, 6) is 0.546. The van der Waals surface area contributed by atoms with E-state index in [2.05, 4.69) is 24.6 Å². The minimum atomic E-state index is -3.55. The summed E-state index contributed by atoms with van der Waals surface area (Å²) in [7, 11) is -3.55. The molecule has 6 heteroatoms. The number of aliphatic carboxylic acids is 1. The zero-order valence-electron chi connectivity index (χ0n) is 19.7. The summed E-state index contributed by atoms with van der Waals surface area (Å²) >= 11 is 0. The van der Waals surface area contributed by atoms with Gasteiger partial charge in [0.25, 0.3) is 0 Å². The van der Waals surface area contributed by atoms with Crippen LogP contribution in [0.25, 0.3) is 6.08 Å². The highest BCUT2D eigenvalue weighted by molar-refractivity contribution is 7.92. The number of nitrogens with one attached hydrogen (secondary N) is 1. The summed E-state index contributed by atoms with van der Waals surface area (Å²) in [4.78, 5) is 10.7. The smallest absolute Gasteiger partial charge is 0.303 e. The third-order valence-corrected chi connectivity index (χ3v) is 8.85. The summed E-state index contributed by atoms with van der Waals surface area (Å²) in [5, 5.41) is 10.1. The summed E-state index contributed by atoms with van der Waals surface area (Å²) in [6, 6.07) is 5.89. The molecule has 3 aliphatic rings. The van der Waals surface area contributed by atoms with Gasteiger partial charge in [0.2, 0.25) is 10.0 Å². The fourth-order valence-corrected chi connectivity index (χ4v) is 6.74. The van der Waals surface area contributed by atoms with Gasteiger partial charge in [0.05, 0.1) is 0 Å². The highest BCUT2D eigenvalue weighted by atomic mass is 32.2. The van der Waals surface area contributed by atoms with Gasteiger partial charge in [-0.15, -0.1) is 0 Å². The minimum Gasteiger partial charge on any atom is -0.481 e. The molecule has 0 radical (unpaired) electrons. The Hall–Kier alpha value is -1.92. The predicted octanol–water partition coefficient (Wildman–Crippen LogP) is 5.45. The average Bonchev–Trinajstić information content (AvgIpc) is 2.70. The van der Waals surface area contributed by atoms with Crippen molar-refractivity contribution in [3.63, 3.8) is 0 Å². The molecule has 0 heterocycles. The largest absolute Gasteiger partial charge is 0.481 e. The first-order chi connectivity index (χ1) is 15.0. The van der Waals surface area contributed by atoms with Crippen LogP contribution in [-0.4, -0.2) is 25.5 Å². The van der Waals surface area contributed by atoms with Crippen LogP contribution in [0.1, 0.15) is 69.1 Å². The first-order valence-corrected chi connectivity index (χ1v) is 13.2. The number of carboxylic acids is 1. The zero-order valence-corrected chi connectivity index (χ0v) is 20.5. The van der Waals surface area contributed by atoms with Crippen LogP contribution in [0.4, 0.5) is 0 Å². The number of benzene rings is 1. The Bertz CT molecular complexity index is 973. The molecule has 2 bridgehead atoms. The number of carbonyl (C=O) groups is 1. The molecule has 5 nitrogen and oxygen atoms in total. The number of allylic oxidation sites excluding steroid dienone is 2. The normalized spacial score (nSPS) is 27.0. The lowest BCUT2D eigenvalue weighted by Gasteiger charge is -2.62. The van der Waals surface area contributed by atoms with Crippen molar-refractivity contribution in [1.29, 1.82) is 0 Å². The quantitative estimate of drug-likeness (QED) is 0.360. The van der Waals surface area contributed by atoms with Gasteiger partial charge in [-0.25, -0.2) is 13.1 Å². The van der Waals surface area contributed by atoms with E-state index in [0.717, 1.165) is 36.0 Å². The maximum atomic E-state index is 12.9. The average molecular weight is 460 g/mol. The molecule has 3 saturated carbocycles. The third kappa shape index (κ3) is 5.70. The molecule has 32 heavy (non-hydrogen) atoms. The second-order valence-electron chi connectivity index (χ2n) is 10.1. The number of sulfonamides is 1. The van der Waals surface area contributed by atoms with Crippen LogP contribution in [0.15, 0.2) is 35.8 Å². The molecule has 3 fully saturated rings. The first kappa shape index (κ1) is 24.7. The van der Waals surface area contributed by atoms with E-state index >= 15 is 0 Å². The molecule has 4 atom stereocenters. The van der Waals surface area contributed by atoms with E-state index in [9.17, 15) is 13.2 Å². The number of unbranched alkanes of at least 4 members (excludes halogenated alkanes) is 1. The van der Waals surface area contributed by atoms with Crippen LogP contribution >= 0.6 is 0 Å². The van der Waals surface area contributed by atoms with Crippen molar-refractivity contribution in [1.82, 2.24) is 4.72 Å². The summed E-state index contributed by atoms with van der Waals surface area (Å²) < 4.78 is 28.9. The van der Waals surface area contributed by atoms with Crippen molar-refractivity contribution in [2.75, 3.05) is 0 Å². The maximum Gasteiger partial charge on any atom is 0.303 e. The molecule has 2 N–H and O–H groups in total. The SMILES string of the molecule is Cc1cccc(C)c1C=CS(=O)(=O)NC1CC2CC(C1C/C=C\CCCC(=O)O)C2(C)C. The molecule has 1 aromatic carbocycles. The number of aryl methyl sites for hydroxylation is 2. The van der Waals surface area contributed by atoms with Crippen molar-refractivity contribution in [2.45, 2.75) is 72.3 Å². The van der Waals surface area contributed by atoms with Gasteiger partial charge < -0.3 is 5.11 Å². The van der Waals surface area contributed by atoms with Gasteiger partial charge in [0.15, 0.2) is 0 Å². The van der Waals surface area contributed by atoms with E-state index in [1.165, 1.54) is 11.8 Å². The van der Waals surface area contributed by atoms with Crippen molar-refractivity contribution < 1.29 is 18.3 Å². The molecule has 0 spiro atoms. The van der Waals surface area contributed by atoms with Gasteiger partial charge >= 0.3 is 5.97 Å². The molecular formula is C26H37NO4S. The van der Waals surface area contributed by atoms with Crippen LogP contribution in [0, 0.1) is 37.0 Å². The van der Waals surface area contributed by atoms with E-state index in [4.69, 9.17) is 5.11 Å². The molecular weight excluding hydrogens is 422 g/mol. The van der Waals surface area contributed by atoms with Crippen molar-refractivity contribution in [3.8, 4) is 0 Å². The molecule has 0 aromatic heterocycles. The van der Waals surface area contributed by atoms with E-state index in [0.29, 0.717) is 18.3 Å². The minimum absolute atomic E-state index is 0.0666. The number of rotatable bonds is 10. The molecule has 4 rings (SSSR count). The Morgan fingerprint density at radius 1 is 1.19 bits per heavy atom. The molecule has 4 unspecified atom stereocenters.